The molecule has 0 unspecified atom stereocenters. The summed E-state index contributed by atoms with van der Waals surface area (Å²) < 4.78 is 37.8. The first-order valence-electron chi connectivity index (χ1n) is 10.2. The van der Waals surface area contributed by atoms with Gasteiger partial charge in [-0.3, -0.25) is 9.59 Å². The van der Waals surface area contributed by atoms with Crippen molar-refractivity contribution >= 4 is 21.8 Å². The summed E-state index contributed by atoms with van der Waals surface area (Å²) in [6, 6.07) is 4.25. The summed E-state index contributed by atoms with van der Waals surface area (Å²) in [7, 11) is -1.17. The van der Waals surface area contributed by atoms with Gasteiger partial charge in [0.2, 0.25) is 15.9 Å². The first-order chi connectivity index (χ1) is 14.4. The molecule has 0 spiro atoms. The van der Waals surface area contributed by atoms with Crippen LogP contribution in [0.2, 0.25) is 0 Å². The highest BCUT2D eigenvalue weighted by Crippen LogP contribution is 2.26. The minimum Gasteiger partial charge on any atom is -0.495 e. The summed E-state index contributed by atoms with van der Waals surface area (Å²) in [6.07, 6.45) is 3.55. The smallest absolute Gasteiger partial charge is 0.254 e. The monoisotopic (exact) mass is 439 g/mol. The van der Waals surface area contributed by atoms with Gasteiger partial charge in [-0.1, -0.05) is 0 Å². The SMILES string of the molecule is CNS(=O)(=O)c1cc(C(=O)N(CC(=O)N2CCCC2)C[C@H]2CCCO2)ccc1OC. The average Bonchev–Trinajstić information content (AvgIpc) is 3.46. The summed E-state index contributed by atoms with van der Waals surface area (Å²) in [5.74, 6) is -0.372. The minimum atomic E-state index is -3.83. The predicted octanol–water partition coefficient (Wildman–Crippen LogP) is 0.847. The van der Waals surface area contributed by atoms with E-state index in [-0.39, 0.29) is 34.8 Å². The third-order valence-electron chi connectivity index (χ3n) is 5.49. The Morgan fingerprint density at radius 1 is 1.27 bits per heavy atom. The molecule has 1 aromatic carbocycles. The van der Waals surface area contributed by atoms with E-state index >= 15 is 0 Å². The molecule has 2 heterocycles. The van der Waals surface area contributed by atoms with Crippen molar-refractivity contribution in [3.63, 3.8) is 0 Å². The van der Waals surface area contributed by atoms with Gasteiger partial charge in [0.1, 0.15) is 17.2 Å². The van der Waals surface area contributed by atoms with Crippen LogP contribution in [0, 0.1) is 0 Å². The first-order valence-corrected chi connectivity index (χ1v) is 11.6. The third kappa shape index (κ3) is 5.11. The molecule has 1 N–H and O–H groups in total. The van der Waals surface area contributed by atoms with Gasteiger partial charge in [0.25, 0.3) is 5.91 Å². The quantitative estimate of drug-likeness (QED) is 0.644. The molecule has 2 amide bonds. The van der Waals surface area contributed by atoms with E-state index < -0.39 is 15.9 Å². The van der Waals surface area contributed by atoms with Gasteiger partial charge in [-0.2, -0.15) is 0 Å². The van der Waals surface area contributed by atoms with E-state index in [0.717, 1.165) is 25.7 Å². The van der Waals surface area contributed by atoms with Crippen LogP contribution in [0.15, 0.2) is 23.1 Å². The van der Waals surface area contributed by atoms with Crippen LogP contribution in [0.5, 0.6) is 5.75 Å². The zero-order chi connectivity index (χ0) is 21.7. The van der Waals surface area contributed by atoms with Gasteiger partial charge in [-0.15, -0.1) is 0 Å². The van der Waals surface area contributed by atoms with Gasteiger partial charge in [-0.05, 0) is 50.9 Å². The number of carbonyl (C=O) groups is 2. The van der Waals surface area contributed by atoms with E-state index in [1.54, 1.807) is 4.90 Å². The van der Waals surface area contributed by atoms with Crippen LogP contribution >= 0.6 is 0 Å². The second-order valence-electron chi connectivity index (χ2n) is 7.48. The molecule has 3 rings (SSSR count). The second-order valence-corrected chi connectivity index (χ2v) is 9.34. The van der Waals surface area contributed by atoms with Gasteiger partial charge in [0, 0.05) is 31.8 Å². The maximum atomic E-state index is 13.3. The Balaban J connectivity index is 1.87. The molecule has 166 valence electrons. The van der Waals surface area contributed by atoms with Crippen molar-refractivity contribution in [2.24, 2.45) is 0 Å². The van der Waals surface area contributed by atoms with Gasteiger partial charge in [-0.25, -0.2) is 13.1 Å². The highest BCUT2D eigenvalue weighted by molar-refractivity contribution is 7.89. The third-order valence-corrected chi connectivity index (χ3v) is 6.92. The molecule has 0 bridgehead atoms. The average molecular weight is 440 g/mol. The van der Waals surface area contributed by atoms with Crippen molar-refractivity contribution in [2.45, 2.75) is 36.7 Å². The Labute approximate surface area is 177 Å². The second kappa shape index (κ2) is 9.76. The number of amides is 2. The van der Waals surface area contributed by atoms with Crippen LogP contribution < -0.4 is 9.46 Å². The molecule has 2 fully saturated rings. The topological polar surface area (TPSA) is 105 Å². The minimum absolute atomic E-state index is 0.0567. The molecule has 2 aliphatic heterocycles. The standard InChI is InChI=1S/C20H29N3O6S/c1-21-30(26,27)18-12-15(7-8-17(18)28-2)20(25)23(13-16-6-5-11-29-16)14-19(24)22-9-3-4-10-22/h7-8,12,16,21H,3-6,9-11,13-14H2,1-2H3/t16-/m1/s1. The van der Waals surface area contributed by atoms with Gasteiger partial charge < -0.3 is 19.3 Å². The highest BCUT2D eigenvalue weighted by atomic mass is 32.2. The number of methoxy groups -OCH3 is 1. The van der Waals surface area contributed by atoms with Crippen LogP contribution in [0.25, 0.3) is 0 Å². The van der Waals surface area contributed by atoms with Crippen molar-refractivity contribution in [3.05, 3.63) is 23.8 Å². The van der Waals surface area contributed by atoms with Crippen molar-refractivity contribution in [1.82, 2.24) is 14.5 Å². The Kier molecular flexibility index (Phi) is 7.32. The maximum absolute atomic E-state index is 13.3. The van der Waals surface area contributed by atoms with E-state index in [1.807, 2.05) is 0 Å². The Hall–Kier alpha value is -2.17. The summed E-state index contributed by atoms with van der Waals surface area (Å²) in [4.78, 5) is 29.1. The molecule has 30 heavy (non-hydrogen) atoms. The van der Waals surface area contributed by atoms with Crippen LogP contribution in [-0.4, -0.2) is 83.1 Å². The van der Waals surface area contributed by atoms with E-state index in [4.69, 9.17) is 9.47 Å². The zero-order valence-electron chi connectivity index (χ0n) is 17.4. The molecule has 1 atom stereocenters. The lowest BCUT2D eigenvalue weighted by molar-refractivity contribution is -0.131. The highest BCUT2D eigenvalue weighted by Gasteiger charge is 2.29. The molecular weight excluding hydrogens is 410 g/mol. The summed E-state index contributed by atoms with van der Waals surface area (Å²) >= 11 is 0. The number of sulfonamides is 1. The fourth-order valence-corrected chi connectivity index (χ4v) is 4.71. The lowest BCUT2D eigenvalue weighted by atomic mass is 10.1. The fraction of sp³-hybridized carbons (Fsp3) is 0.600. The van der Waals surface area contributed by atoms with E-state index in [2.05, 4.69) is 4.72 Å². The molecule has 10 heteroatoms. The first kappa shape index (κ1) is 22.5. The normalized spacial score (nSPS) is 19.1. The fourth-order valence-electron chi connectivity index (χ4n) is 3.80. The number of ether oxygens (including phenoxy) is 2. The molecule has 0 radical (unpaired) electrons. The summed E-state index contributed by atoms with van der Waals surface area (Å²) in [6.45, 7) is 2.28. The van der Waals surface area contributed by atoms with Crippen LogP contribution in [0.4, 0.5) is 0 Å². The lowest BCUT2D eigenvalue weighted by Crippen LogP contribution is -2.45. The number of rotatable bonds is 8. The number of nitrogens with zero attached hydrogens (tertiary/aromatic N) is 2. The molecule has 1 aromatic rings. The maximum Gasteiger partial charge on any atom is 0.254 e. The zero-order valence-corrected chi connectivity index (χ0v) is 18.2. The largest absolute Gasteiger partial charge is 0.495 e. The van der Waals surface area contributed by atoms with Gasteiger partial charge >= 0.3 is 0 Å². The summed E-state index contributed by atoms with van der Waals surface area (Å²) in [5, 5.41) is 0. The van der Waals surface area contributed by atoms with Crippen molar-refractivity contribution in [2.75, 3.05) is 46.9 Å². The molecule has 0 aliphatic carbocycles. The predicted molar refractivity (Wildman–Crippen MR) is 110 cm³/mol. The lowest BCUT2D eigenvalue weighted by Gasteiger charge is -2.27. The van der Waals surface area contributed by atoms with Crippen LogP contribution in [-0.2, 0) is 19.6 Å². The summed E-state index contributed by atoms with van der Waals surface area (Å²) in [5.41, 5.74) is 0.178. The molecule has 9 nitrogen and oxygen atoms in total. The number of carbonyl (C=O) groups excluding carboxylic acids is 2. The van der Waals surface area contributed by atoms with Crippen molar-refractivity contribution in [3.8, 4) is 5.75 Å². The van der Waals surface area contributed by atoms with E-state index in [9.17, 15) is 18.0 Å². The van der Waals surface area contributed by atoms with Gasteiger partial charge in [0.05, 0.1) is 13.2 Å². The van der Waals surface area contributed by atoms with E-state index in [1.165, 1.54) is 37.3 Å². The van der Waals surface area contributed by atoms with E-state index in [0.29, 0.717) is 26.2 Å². The van der Waals surface area contributed by atoms with Crippen molar-refractivity contribution in [1.29, 1.82) is 0 Å². The molecule has 0 aromatic heterocycles. The Morgan fingerprint density at radius 2 is 2.00 bits per heavy atom. The Morgan fingerprint density at radius 3 is 2.60 bits per heavy atom. The molecule has 2 saturated heterocycles. The van der Waals surface area contributed by atoms with Gasteiger partial charge in [0.15, 0.2) is 0 Å². The Bertz CT molecular complexity index is 877. The number of hydrogen-bond acceptors (Lipinski definition) is 6. The molecular formula is C20H29N3O6S. The number of hydrogen-bond donors (Lipinski definition) is 1. The van der Waals surface area contributed by atoms with Crippen LogP contribution in [0.1, 0.15) is 36.0 Å². The van der Waals surface area contributed by atoms with Crippen LogP contribution in [0.3, 0.4) is 0 Å². The molecule has 0 saturated carbocycles. The number of likely N-dealkylation sites (tertiary alicyclic amines) is 1. The van der Waals surface area contributed by atoms with Crippen molar-refractivity contribution < 1.29 is 27.5 Å². The number of nitrogens with one attached hydrogen (secondary N) is 1. The number of benzene rings is 1. The molecule has 2 aliphatic rings.